The molecule has 0 aliphatic carbocycles. The van der Waals surface area contributed by atoms with E-state index in [1.807, 2.05) is 24.1 Å². The molecule has 1 amide bonds. The molecule has 2 aromatic carbocycles. The Labute approximate surface area is 147 Å². The number of nitrogens with one attached hydrogen (secondary N) is 1. The van der Waals surface area contributed by atoms with Gasteiger partial charge in [-0.25, -0.2) is 4.39 Å². The maximum atomic E-state index is 13.5. The van der Waals surface area contributed by atoms with Crippen LogP contribution in [0.2, 0.25) is 0 Å². The van der Waals surface area contributed by atoms with Gasteiger partial charge < -0.3 is 14.8 Å². The van der Waals surface area contributed by atoms with Crippen LogP contribution in [-0.4, -0.2) is 38.6 Å². The van der Waals surface area contributed by atoms with Crippen molar-refractivity contribution in [3.05, 3.63) is 59.4 Å². The first-order chi connectivity index (χ1) is 12.0. The number of rotatable bonds is 8. The van der Waals surface area contributed by atoms with E-state index in [2.05, 4.69) is 5.32 Å². The summed E-state index contributed by atoms with van der Waals surface area (Å²) in [5.41, 5.74) is 1.42. The second kappa shape index (κ2) is 9.03. The van der Waals surface area contributed by atoms with Crippen LogP contribution >= 0.6 is 0 Å². The Bertz CT molecular complexity index is 722. The van der Waals surface area contributed by atoms with Crippen molar-refractivity contribution >= 4 is 5.91 Å². The van der Waals surface area contributed by atoms with Crippen LogP contribution in [0.1, 0.15) is 11.1 Å². The van der Waals surface area contributed by atoms with E-state index in [9.17, 15) is 9.18 Å². The second-order valence-corrected chi connectivity index (χ2v) is 5.72. The number of carbonyl (C=O) groups excluding carboxylic acids is 1. The van der Waals surface area contributed by atoms with Gasteiger partial charge in [-0.3, -0.25) is 9.69 Å². The number of carbonyl (C=O) groups is 1. The van der Waals surface area contributed by atoms with Gasteiger partial charge in [-0.1, -0.05) is 24.3 Å². The topological polar surface area (TPSA) is 50.8 Å². The Hall–Kier alpha value is -2.60. The van der Waals surface area contributed by atoms with Gasteiger partial charge in [-0.05, 0) is 19.2 Å². The number of ether oxygens (including phenoxy) is 2. The number of hydrogen-bond donors (Lipinski definition) is 1. The minimum absolute atomic E-state index is 0.168. The molecular formula is C19H23FN2O3. The van der Waals surface area contributed by atoms with Gasteiger partial charge in [0.05, 0.1) is 20.8 Å². The molecule has 6 heteroatoms. The highest BCUT2D eigenvalue weighted by Gasteiger charge is 2.11. The minimum Gasteiger partial charge on any atom is -0.497 e. The van der Waals surface area contributed by atoms with Gasteiger partial charge in [0.1, 0.15) is 17.3 Å². The maximum absolute atomic E-state index is 13.5. The molecule has 134 valence electrons. The largest absolute Gasteiger partial charge is 0.497 e. The Morgan fingerprint density at radius 1 is 1.12 bits per heavy atom. The molecule has 0 aromatic heterocycles. The zero-order chi connectivity index (χ0) is 18.2. The van der Waals surface area contributed by atoms with E-state index in [-0.39, 0.29) is 24.8 Å². The molecule has 0 unspecified atom stereocenters. The average molecular weight is 346 g/mol. The third kappa shape index (κ3) is 5.46. The molecule has 2 aromatic rings. The van der Waals surface area contributed by atoms with E-state index in [1.54, 1.807) is 38.5 Å². The first-order valence-electron chi connectivity index (χ1n) is 7.93. The van der Waals surface area contributed by atoms with Gasteiger partial charge in [0.25, 0.3) is 0 Å². The van der Waals surface area contributed by atoms with Crippen molar-refractivity contribution in [2.75, 3.05) is 27.8 Å². The van der Waals surface area contributed by atoms with Crippen molar-refractivity contribution < 1.29 is 18.7 Å². The number of hydrogen-bond acceptors (Lipinski definition) is 4. The van der Waals surface area contributed by atoms with Gasteiger partial charge in [0.2, 0.25) is 5.91 Å². The summed E-state index contributed by atoms with van der Waals surface area (Å²) in [6.45, 7) is 0.912. The third-order valence-electron chi connectivity index (χ3n) is 3.78. The van der Waals surface area contributed by atoms with Crippen LogP contribution < -0.4 is 14.8 Å². The summed E-state index contributed by atoms with van der Waals surface area (Å²) in [5, 5.41) is 2.73. The highest BCUT2D eigenvalue weighted by Crippen LogP contribution is 2.25. The summed E-state index contributed by atoms with van der Waals surface area (Å²) < 4.78 is 24.1. The van der Waals surface area contributed by atoms with Crippen molar-refractivity contribution in [2.24, 2.45) is 0 Å². The molecule has 0 spiro atoms. The lowest BCUT2D eigenvalue weighted by atomic mass is 10.1. The normalized spacial score (nSPS) is 10.6. The third-order valence-corrected chi connectivity index (χ3v) is 3.78. The van der Waals surface area contributed by atoms with Crippen LogP contribution in [0.15, 0.2) is 42.5 Å². The summed E-state index contributed by atoms with van der Waals surface area (Å²) in [6, 6.07) is 12.0. The standard InChI is InChI=1S/C19H23FN2O3/c1-22(12-15-8-9-16(24-2)10-18(15)25-3)13-19(23)21-11-14-6-4-5-7-17(14)20/h4-10H,11-13H2,1-3H3,(H,21,23). The lowest BCUT2D eigenvalue weighted by Gasteiger charge is -2.18. The van der Waals surface area contributed by atoms with Crippen LogP contribution in [0.25, 0.3) is 0 Å². The number of halogens is 1. The van der Waals surface area contributed by atoms with E-state index in [4.69, 9.17) is 9.47 Å². The number of benzene rings is 2. The van der Waals surface area contributed by atoms with Gasteiger partial charge in [-0.2, -0.15) is 0 Å². The smallest absolute Gasteiger partial charge is 0.234 e. The fourth-order valence-corrected chi connectivity index (χ4v) is 2.47. The summed E-state index contributed by atoms with van der Waals surface area (Å²) in [4.78, 5) is 13.9. The predicted molar refractivity (Wildman–Crippen MR) is 94.1 cm³/mol. The second-order valence-electron chi connectivity index (χ2n) is 5.72. The lowest BCUT2D eigenvalue weighted by molar-refractivity contribution is -0.122. The van der Waals surface area contributed by atoms with Gasteiger partial charge >= 0.3 is 0 Å². The van der Waals surface area contributed by atoms with E-state index >= 15 is 0 Å². The number of methoxy groups -OCH3 is 2. The van der Waals surface area contributed by atoms with Crippen LogP contribution in [0, 0.1) is 5.82 Å². The molecule has 0 fully saturated rings. The lowest BCUT2D eigenvalue weighted by Crippen LogP contribution is -2.34. The number of amides is 1. The monoisotopic (exact) mass is 346 g/mol. The van der Waals surface area contributed by atoms with E-state index < -0.39 is 0 Å². The molecule has 0 aliphatic heterocycles. The maximum Gasteiger partial charge on any atom is 0.234 e. The summed E-state index contributed by atoms with van der Waals surface area (Å²) >= 11 is 0. The summed E-state index contributed by atoms with van der Waals surface area (Å²) in [6.07, 6.45) is 0. The fourth-order valence-electron chi connectivity index (χ4n) is 2.47. The summed E-state index contributed by atoms with van der Waals surface area (Å²) in [5.74, 6) is 0.932. The number of nitrogens with zero attached hydrogens (tertiary/aromatic N) is 1. The summed E-state index contributed by atoms with van der Waals surface area (Å²) in [7, 11) is 5.03. The quantitative estimate of drug-likeness (QED) is 0.798. The minimum atomic E-state index is -0.320. The first-order valence-corrected chi connectivity index (χ1v) is 7.93. The molecule has 0 saturated carbocycles. The molecule has 2 rings (SSSR count). The van der Waals surface area contributed by atoms with Gasteiger partial charge in [-0.15, -0.1) is 0 Å². The molecule has 25 heavy (non-hydrogen) atoms. The zero-order valence-corrected chi connectivity index (χ0v) is 14.7. The highest BCUT2D eigenvalue weighted by atomic mass is 19.1. The SMILES string of the molecule is COc1ccc(CN(C)CC(=O)NCc2ccccc2F)c(OC)c1. The molecule has 1 N–H and O–H groups in total. The Morgan fingerprint density at radius 3 is 2.56 bits per heavy atom. The first kappa shape index (κ1) is 18.7. The van der Waals surface area contributed by atoms with Gasteiger partial charge in [0, 0.05) is 30.3 Å². The zero-order valence-electron chi connectivity index (χ0n) is 14.7. The van der Waals surface area contributed by atoms with Crippen molar-refractivity contribution in [1.29, 1.82) is 0 Å². The van der Waals surface area contributed by atoms with Crippen molar-refractivity contribution in [2.45, 2.75) is 13.1 Å². The van der Waals surface area contributed by atoms with Crippen molar-refractivity contribution in [3.63, 3.8) is 0 Å². The molecule has 0 heterocycles. The van der Waals surface area contributed by atoms with E-state index in [0.29, 0.717) is 23.6 Å². The highest BCUT2D eigenvalue weighted by molar-refractivity contribution is 5.78. The molecule has 0 aliphatic rings. The predicted octanol–water partition coefficient (Wildman–Crippen LogP) is 2.59. The molecule has 0 saturated heterocycles. The Kier molecular flexibility index (Phi) is 6.77. The van der Waals surface area contributed by atoms with E-state index in [0.717, 1.165) is 5.56 Å². The average Bonchev–Trinajstić information content (AvgIpc) is 2.61. The Morgan fingerprint density at radius 2 is 1.88 bits per heavy atom. The molecule has 0 radical (unpaired) electrons. The van der Waals surface area contributed by atoms with Crippen molar-refractivity contribution in [3.8, 4) is 11.5 Å². The molecule has 5 nitrogen and oxygen atoms in total. The Balaban J connectivity index is 1.88. The van der Waals surface area contributed by atoms with Crippen LogP contribution in [-0.2, 0) is 17.9 Å². The number of likely N-dealkylation sites (N-methyl/N-ethyl adjacent to an activating group) is 1. The van der Waals surface area contributed by atoms with Crippen LogP contribution in [0.3, 0.4) is 0 Å². The van der Waals surface area contributed by atoms with Crippen LogP contribution in [0.5, 0.6) is 11.5 Å². The molecule has 0 atom stereocenters. The van der Waals surface area contributed by atoms with Gasteiger partial charge in [0.15, 0.2) is 0 Å². The molecular weight excluding hydrogens is 323 g/mol. The molecule has 0 bridgehead atoms. The van der Waals surface area contributed by atoms with Crippen LogP contribution in [0.4, 0.5) is 4.39 Å². The fraction of sp³-hybridized carbons (Fsp3) is 0.316. The van der Waals surface area contributed by atoms with Crippen molar-refractivity contribution in [1.82, 2.24) is 10.2 Å². The van der Waals surface area contributed by atoms with E-state index in [1.165, 1.54) is 6.07 Å².